The van der Waals surface area contributed by atoms with E-state index in [0.29, 0.717) is 6.42 Å². The Hall–Kier alpha value is -0.810. The van der Waals surface area contributed by atoms with Crippen LogP contribution in [0, 0.1) is 19.3 Å². The smallest absolute Gasteiger partial charge is 0.0897 e. The summed E-state index contributed by atoms with van der Waals surface area (Å²) < 4.78 is 0. The van der Waals surface area contributed by atoms with Crippen molar-refractivity contribution in [2.45, 2.75) is 13.3 Å². The molecule has 0 saturated carbocycles. The maximum atomic E-state index is 5.08. The lowest BCUT2D eigenvalue weighted by Gasteiger charge is -1.79. The molecular weight excluding hydrogens is 130 g/mol. The molecule has 0 saturated heterocycles. The molecule has 0 radical (unpaired) electrons. The van der Waals surface area contributed by atoms with E-state index in [2.05, 4.69) is 10.9 Å². The molecule has 0 spiro atoms. The van der Waals surface area contributed by atoms with E-state index >= 15 is 0 Å². The zero-order valence-corrected chi connectivity index (χ0v) is 6.03. The van der Waals surface area contributed by atoms with Gasteiger partial charge in [-0.2, -0.15) is 0 Å². The van der Waals surface area contributed by atoms with E-state index in [0.717, 1.165) is 10.7 Å². The Bertz CT molecular complexity index is 231. The van der Waals surface area contributed by atoms with Gasteiger partial charge in [-0.25, -0.2) is 4.98 Å². The van der Waals surface area contributed by atoms with Crippen LogP contribution in [0.2, 0.25) is 0 Å². The number of thiazole rings is 1. The lowest BCUT2D eigenvalue weighted by Crippen LogP contribution is -1.79. The highest BCUT2D eigenvalue weighted by atomic mass is 32.1. The SMILES string of the molecule is C#CCc1csc(C)n1. The highest BCUT2D eigenvalue weighted by molar-refractivity contribution is 7.09. The molecule has 0 aliphatic heterocycles. The van der Waals surface area contributed by atoms with Gasteiger partial charge in [-0.15, -0.1) is 23.7 Å². The first kappa shape index (κ1) is 6.31. The Kier molecular flexibility index (Phi) is 1.86. The molecule has 0 aromatic carbocycles. The van der Waals surface area contributed by atoms with Crippen LogP contribution in [0.15, 0.2) is 5.38 Å². The number of aryl methyl sites for hydroxylation is 1. The van der Waals surface area contributed by atoms with Gasteiger partial charge in [0.1, 0.15) is 0 Å². The van der Waals surface area contributed by atoms with Gasteiger partial charge in [-0.1, -0.05) is 0 Å². The summed E-state index contributed by atoms with van der Waals surface area (Å²) in [7, 11) is 0. The second-order valence-electron chi connectivity index (χ2n) is 1.74. The molecule has 46 valence electrons. The van der Waals surface area contributed by atoms with Crippen molar-refractivity contribution >= 4 is 11.3 Å². The summed E-state index contributed by atoms with van der Waals surface area (Å²) >= 11 is 1.64. The van der Waals surface area contributed by atoms with Gasteiger partial charge in [0.15, 0.2) is 0 Å². The average Bonchev–Trinajstić information content (AvgIpc) is 2.17. The van der Waals surface area contributed by atoms with E-state index in [-0.39, 0.29) is 0 Å². The Labute approximate surface area is 58.8 Å². The monoisotopic (exact) mass is 137 g/mol. The molecule has 1 nitrogen and oxygen atoms in total. The molecular formula is C7H7NS. The van der Waals surface area contributed by atoms with Crippen molar-refractivity contribution in [2.24, 2.45) is 0 Å². The van der Waals surface area contributed by atoms with Crippen molar-refractivity contribution in [1.82, 2.24) is 4.98 Å². The number of hydrogen-bond donors (Lipinski definition) is 0. The molecule has 0 aliphatic rings. The molecule has 0 atom stereocenters. The predicted molar refractivity (Wildman–Crippen MR) is 39.4 cm³/mol. The van der Waals surface area contributed by atoms with Crippen LogP contribution < -0.4 is 0 Å². The number of terminal acetylenes is 1. The zero-order chi connectivity index (χ0) is 6.69. The predicted octanol–water partition coefficient (Wildman–Crippen LogP) is 1.63. The van der Waals surface area contributed by atoms with Crippen molar-refractivity contribution in [1.29, 1.82) is 0 Å². The van der Waals surface area contributed by atoms with E-state index in [1.165, 1.54) is 0 Å². The van der Waals surface area contributed by atoms with Gasteiger partial charge in [0.05, 0.1) is 17.1 Å². The first-order valence-electron chi connectivity index (χ1n) is 2.67. The number of nitrogens with zero attached hydrogens (tertiary/aromatic N) is 1. The van der Waals surface area contributed by atoms with Crippen LogP contribution >= 0.6 is 11.3 Å². The Morgan fingerprint density at radius 2 is 2.67 bits per heavy atom. The van der Waals surface area contributed by atoms with Crippen LogP contribution in [0.3, 0.4) is 0 Å². The van der Waals surface area contributed by atoms with E-state index in [1.807, 2.05) is 12.3 Å². The van der Waals surface area contributed by atoms with Crippen LogP contribution in [0.4, 0.5) is 0 Å². The summed E-state index contributed by atoms with van der Waals surface area (Å²) in [4.78, 5) is 4.18. The third-order valence-electron chi connectivity index (χ3n) is 0.950. The lowest BCUT2D eigenvalue weighted by molar-refractivity contribution is 1.14. The van der Waals surface area contributed by atoms with Crippen LogP contribution in [-0.2, 0) is 6.42 Å². The normalized spacial score (nSPS) is 8.89. The zero-order valence-electron chi connectivity index (χ0n) is 5.22. The molecule has 0 N–H and O–H groups in total. The summed E-state index contributed by atoms with van der Waals surface area (Å²) in [5.74, 6) is 2.54. The Morgan fingerprint density at radius 3 is 3.11 bits per heavy atom. The molecule has 9 heavy (non-hydrogen) atoms. The summed E-state index contributed by atoms with van der Waals surface area (Å²) in [5.41, 5.74) is 1.01. The van der Waals surface area contributed by atoms with Crippen molar-refractivity contribution in [3.8, 4) is 12.3 Å². The molecule has 0 bridgehead atoms. The number of hydrogen-bond acceptors (Lipinski definition) is 2. The highest BCUT2D eigenvalue weighted by Gasteiger charge is 1.92. The first-order chi connectivity index (χ1) is 4.33. The minimum absolute atomic E-state index is 0.657. The van der Waals surface area contributed by atoms with Crippen LogP contribution in [0.1, 0.15) is 10.7 Å². The van der Waals surface area contributed by atoms with Crippen LogP contribution in [-0.4, -0.2) is 4.98 Å². The third kappa shape index (κ3) is 1.55. The van der Waals surface area contributed by atoms with Crippen molar-refractivity contribution in [3.63, 3.8) is 0 Å². The summed E-state index contributed by atoms with van der Waals surface area (Å²) in [5, 5.41) is 3.08. The van der Waals surface area contributed by atoms with Gasteiger partial charge < -0.3 is 0 Å². The van der Waals surface area contributed by atoms with Crippen molar-refractivity contribution in [2.75, 3.05) is 0 Å². The summed E-state index contributed by atoms with van der Waals surface area (Å²) in [6.45, 7) is 1.98. The van der Waals surface area contributed by atoms with Crippen molar-refractivity contribution < 1.29 is 0 Å². The molecule has 0 unspecified atom stereocenters. The Balaban J connectivity index is 2.76. The van der Waals surface area contributed by atoms with Gasteiger partial charge in [0.2, 0.25) is 0 Å². The number of aromatic nitrogens is 1. The molecule has 1 aromatic rings. The van der Waals surface area contributed by atoms with Gasteiger partial charge in [-0.3, -0.25) is 0 Å². The molecule has 1 aromatic heterocycles. The Morgan fingerprint density at radius 1 is 1.89 bits per heavy atom. The fourth-order valence-corrected chi connectivity index (χ4v) is 1.21. The third-order valence-corrected chi connectivity index (χ3v) is 1.77. The number of rotatable bonds is 1. The maximum absolute atomic E-state index is 5.08. The van der Waals surface area contributed by atoms with Gasteiger partial charge in [0.25, 0.3) is 0 Å². The molecule has 1 rings (SSSR count). The average molecular weight is 137 g/mol. The van der Waals surface area contributed by atoms with E-state index in [4.69, 9.17) is 6.42 Å². The fourth-order valence-electron chi connectivity index (χ4n) is 0.594. The lowest BCUT2D eigenvalue weighted by atomic mass is 10.4. The van der Waals surface area contributed by atoms with Crippen molar-refractivity contribution in [3.05, 3.63) is 16.1 Å². The van der Waals surface area contributed by atoms with Crippen LogP contribution in [0.25, 0.3) is 0 Å². The minimum atomic E-state index is 0.657. The van der Waals surface area contributed by atoms with Gasteiger partial charge in [-0.05, 0) is 6.92 Å². The highest BCUT2D eigenvalue weighted by Crippen LogP contribution is 2.07. The largest absolute Gasteiger partial charge is 0.246 e. The van der Waals surface area contributed by atoms with Gasteiger partial charge in [0, 0.05) is 5.38 Å². The second-order valence-corrected chi connectivity index (χ2v) is 2.80. The van der Waals surface area contributed by atoms with Crippen LogP contribution in [0.5, 0.6) is 0 Å². The summed E-state index contributed by atoms with van der Waals surface area (Å²) in [6.07, 6.45) is 5.74. The standard InChI is InChI=1S/C7H7NS/c1-3-4-7-5-9-6(2)8-7/h1,5H,4H2,2H3. The maximum Gasteiger partial charge on any atom is 0.0897 e. The molecule has 1 heterocycles. The van der Waals surface area contributed by atoms with E-state index < -0.39 is 0 Å². The molecule has 0 aliphatic carbocycles. The second kappa shape index (κ2) is 2.65. The quantitative estimate of drug-likeness (QED) is 0.536. The molecule has 2 heteroatoms. The molecule has 0 fully saturated rings. The first-order valence-corrected chi connectivity index (χ1v) is 3.55. The fraction of sp³-hybridized carbons (Fsp3) is 0.286. The van der Waals surface area contributed by atoms with Gasteiger partial charge >= 0.3 is 0 Å². The summed E-state index contributed by atoms with van der Waals surface area (Å²) in [6, 6.07) is 0. The van der Waals surface area contributed by atoms with E-state index in [1.54, 1.807) is 11.3 Å². The molecule has 0 amide bonds. The topological polar surface area (TPSA) is 12.9 Å². The van der Waals surface area contributed by atoms with E-state index in [9.17, 15) is 0 Å². The minimum Gasteiger partial charge on any atom is -0.246 e.